The lowest BCUT2D eigenvalue weighted by atomic mass is 9.84. The van der Waals surface area contributed by atoms with Crippen molar-refractivity contribution in [2.75, 3.05) is 7.11 Å². The number of para-hydroxylation sites is 1. The molecule has 0 saturated heterocycles. The first kappa shape index (κ1) is 13.8. The third-order valence-electron chi connectivity index (χ3n) is 5.66. The molecule has 2 aromatic rings. The lowest BCUT2D eigenvalue weighted by molar-refractivity contribution is 0.296. The molecular formula is C18H22N2O2. The fourth-order valence-corrected chi connectivity index (χ4v) is 4.25. The Balaban J connectivity index is 1.63. The van der Waals surface area contributed by atoms with E-state index >= 15 is 0 Å². The van der Waals surface area contributed by atoms with Gasteiger partial charge in [0.2, 0.25) is 0 Å². The number of aromatic nitrogens is 2. The molecular weight excluding hydrogens is 276 g/mol. The lowest BCUT2D eigenvalue weighted by Crippen LogP contribution is -2.23. The summed E-state index contributed by atoms with van der Waals surface area (Å²) >= 11 is 0. The van der Waals surface area contributed by atoms with Crippen LogP contribution in [0.5, 0.6) is 5.75 Å². The SMILES string of the molecule is COc1cccc2c(=O)n(C[C@@H]3CC34CCCCC4)cnc12. The normalized spacial score (nSPS) is 22.9. The van der Waals surface area contributed by atoms with Crippen LogP contribution < -0.4 is 10.3 Å². The molecule has 1 heterocycles. The van der Waals surface area contributed by atoms with Crippen LogP contribution in [-0.4, -0.2) is 16.7 Å². The summed E-state index contributed by atoms with van der Waals surface area (Å²) in [5.74, 6) is 1.33. The second-order valence-corrected chi connectivity index (χ2v) is 6.88. The van der Waals surface area contributed by atoms with Crippen molar-refractivity contribution in [1.82, 2.24) is 9.55 Å². The van der Waals surface area contributed by atoms with E-state index in [-0.39, 0.29) is 5.56 Å². The summed E-state index contributed by atoms with van der Waals surface area (Å²) in [4.78, 5) is 17.2. The molecule has 2 saturated carbocycles. The van der Waals surface area contributed by atoms with Gasteiger partial charge in [-0.1, -0.05) is 25.3 Å². The number of hydrogen-bond donors (Lipinski definition) is 0. The van der Waals surface area contributed by atoms with Crippen molar-refractivity contribution >= 4 is 10.9 Å². The summed E-state index contributed by atoms with van der Waals surface area (Å²) in [6.07, 6.45) is 9.78. The van der Waals surface area contributed by atoms with Gasteiger partial charge in [0.1, 0.15) is 11.3 Å². The standard InChI is InChI=1S/C18H22N2O2/c1-22-15-7-5-6-14-16(15)19-12-20(17(14)21)11-13-10-18(13)8-3-2-4-9-18/h5-7,12-13H,2-4,8-11H2,1H3/t13-/m0/s1. The molecule has 0 N–H and O–H groups in total. The summed E-state index contributed by atoms with van der Waals surface area (Å²) in [6, 6.07) is 5.54. The number of methoxy groups -OCH3 is 1. The van der Waals surface area contributed by atoms with Crippen molar-refractivity contribution in [2.24, 2.45) is 11.3 Å². The molecule has 1 aromatic carbocycles. The summed E-state index contributed by atoms with van der Waals surface area (Å²) < 4.78 is 7.10. The zero-order chi connectivity index (χ0) is 15.2. The van der Waals surface area contributed by atoms with Gasteiger partial charge in [-0.25, -0.2) is 4.98 Å². The van der Waals surface area contributed by atoms with E-state index in [9.17, 15) is 4.79 Å². The van der Waals surface area contributed by atoms with Gasteiger partial charge in [0.05, 0.1) is 18.8 Å². The molecule has 0 radical (unpaired) electrons. The van der Waals surface area contributed by atoms with Gasteiger partial charge in [0.25, 0.3) is 5.56 Å². The monoisotopic (exact) mass is 298 g/mol. The fourth-order valence-electron chi connectivity index (χ4n) is 4.25. The first-order valence-electron chi connectivity index (χ1n) is 8.26. The molecule has 0 unspecified atom stereocenters. The quantitative estimate of drug-likeness (QED) is 0.872. The van der Waals surface area contributed by atoms with E-state index in [0.717, 1.165) is 6.54 Å². The minimum atomic E-state index is 0.0572. The Hall–Kier alpha value is -1.84. The van der Waals surface area contributed by atoms with E-state index in [1.807, 2.05) is 18.2 Å². The van der Waals surface area contributed by atoms with Crippen LogP contribution in [0.4, 0.5) is 0 Å². The van der Waals surface area contributed by atoms with E-state index in [0.29, 0.717) is 28.0 Å². The second kappa shape index (κ2) is 5.11. The number of fused-ring (bicyclic) bond motifs is 1. The van der Waals surface area contributed by atoms with Crippen molar-refractivity contribution < 1.29 is 4.74 Å². The van der Waals surface area contributed by atoms with E-state index in [1.54, 1.807) is 18.0 Å². The van der Waals surface area contributed by atoms with Gasteiger partial charge in [-0.15, -0.1) is 0 Å². The maximum absolute atomic E-state index is 12.7. The van der Waals surface area contributed by atoms with Gasteiger partial charge in [0.15, 0.2) is 0 Å². The highest BCUT2D eigenvalue weighted by Crippen LogP contribution is 2.61. The Labute approximate surface area is 130 Å². The van der Waals surface area contributed by atoms with Crippen LogP contribution in [-0.2, 0) is 6.54 Å². The van der Waals surface area contributed by atoms with Crippen molar-refractivity contribution in [3.8, 4) is 5.75 Å². The first-order chi connectivity index (χ1) is 10.7. The minimum Gasteiger partial charge on any atom is -0.494 e. The molecule has 2 aliphatic carbocycles. The third-order valence-corrected chi connectivity index (χ3v) is 5.66. The molecule has 2 fully saturated rings. The topological polar surface area (TPSA) is 44.1 Å². The van der Waals surface area contributed by atoms with Crippen molar-refractivity contribution in [1.29, 1.82) is 0 Å². The summed E-state index contributed by atoms with van der Waals surface area (Å²) in [5.41, 5.74) is 1.26. The maximum atomic E-state index is 12.7. The van der Waals surface area contributed by atoms with Gasteiger partial charge in [-0.05, 0) is 42.7 Å². The largest absolute Gasteiger partial charge is 0.494 e. The molecule has 2 aliphatic rings. The molecule has 116 valence electrons. The average Bonchev–Trinajstić information content (AvgIpc) is 3.21. The molecule has 22 heavy (non-hydrogen) atoms. The van der Waals surface area contributed by atoms with Crippen LogP contribution in [0.3, 0.4) is 0 Å². The fraction of sp³-hybridized carbons (Fsp3) is 0.556. The van der Waals surface area contributed by atoms with Crippen molar-refractivity contribution in [3.63, 3.8) is 0 Å². The highest BCUT2D eigenvalue weighted by atomic mass is 16.5. The number of ether oxygens (including phenoxy) is 1. The van der Waals surface area contributed by atoms with Gasteiger partial charge in [0, 0.05) is 6.54 Å². The third kappa shape index (κ3) is 2.13. The van der Waals surface area contributed by atoms with Crippen molar-refractivity contribution in [3.05, 3.63) is 34.9 Å². The molecule has 0 aliphatic heterocycles. The van der Waals surface area contributed by atoms with Gasteiger partial charge in [-0.2, -0.15) is 0 Å². The first-order valence-corrected chi connectivity index (χ1v) is 8.26. The minimum absolute atomic E-state index is 0.0572. The Bertz CT molecular complexity index is 759. The van der Waals surface area contributed by atoms with Crippen LogP contribution in [0.2, 0.25) is 0 Å². The van der Waals surface area contributed by atoms with Gasteiger partial charge < -0.3 is 4.74 Å². The number of hydrogen-bond acceptors (Lipinski definition) is 3. The van der Waals surface area contributed by atoms with Crippen LogP contribution in [0.15, 0.2) is 29.3 Å². The number of rotatable bonds is 3. The number of nitrogens with zero attached hydrogens (tertiary/aromatic N) is 2. The predicted molar refractivity (Wildman–Crippen MR) is 86.2 cm³/mol. The van der Waals surface area contributed by atoms with Gasteiger partial charge >= 0.3 is 0 Å². The van der Waals surface area contributed by atoms with Crippen LogP contribution in [0.1, 0.15) is 38.5 Å². The Morgan fingerprint density at radius 1 is 1.32 bits per heavy atom. The Morgan fingerprint density at radius 3 is 2.91 bits per heavy atom. The highest BCUT2D eigenvalue weighted by Gasteiger charge is 2.53. The van der Waals surface area contributed by atoms with Gasteiger partial charge in [-0.3, -0.25) is 9.36 Å². The average molecular weight is 298 g/mol. The summed E-state index contributed by atoms with van der Waals surface area (Å²) in [5, 5.41) is 0.653. The Morgan fingerprint density at radius 2 is 2.14 bits per heavy atom. The molecule has 0 bridgehead atoms. The Kier molecular flexibility index (Phi) is 3.21. The lowest BCUT2D eigenvalue weighted by Gasteiger charge is -2.22. The predicted octanol–water partition coefficient (Wildman–Crippen LogP) is 3.38. The second-order valence-electron chi connectivity index (χ2n) is 6.88. The van der Waals surface area contributed by atoms with Crippen molar-refractivity contribution in [2.45, 2.75) is 45.1 Å². The highest BCUT2D eigenvalue weighted by molar-refractivity contribution is 5.83. The number of benzene rings is 1. The van der Waals surface area contributed by atoms with Crippen LogP contribution in [0, 0.1) is 11.3 Å². The molecule has 1 aromatic heterocycles. The molecule has 0 amide bonds. The zero-order valence-corrected chi connectivity index (χ0v) is 13.0. The van der Waals surface area contributed by atoms with E-state index in [1.165, 1.54) is 38.5 Å². The van der Waals surface area contributed by atoms with Crippen LogP contribution in [0.25, 0.3) is 10.9 Å². The smallest absolute Gasteiger partial charge is 0.261 e. The van der Waals surface area contributed by atoms with Crippen LogP contribution >= 0.6 is 0 Å². The molecule has 4 heteroatoms. The van der Waals surface area contributed by atoms with E-state index < -0.39 is 0 Å². The zero-order valence-electron chi connectivity index (χ0n) is 13.0. The van der Waals surface area contributed by atoms with E-state index in [4.69, 9.17) is 4.74 Å². The molecule has 1 atom stereocenters. The summed E-state index contributed by atoms with van der Waals surface area (Å²) in [6.45, 7) is 0.818. The van der Waals surface area contributed by atoms with E-state index in [2.05, 4.69) is 4.98 Å². The molecule has 4 nitrogen and oxygen atoms in total. The summed E-state index contributed by atoms with van der Waals surface area (Å²) in [7, 11) is 1.61. The molecule has 4 rings (SSSR count). The molecule has 1 spiro atoms. The maximum Gasteiger partial charge on any atom is 0.261 e.